The number of benzene rings is 2. The van der Waals surface area contributed by atoms with Crippen LogP contribution in [0.3, 0.4) is 0 Å². The molecule has 190 valence electrons. The van der Waals surface area contributed by atoms with Crippen molar-refractivity contribution in [2.24, 2.45) is 5.92 Å². The number of amides is 1. The van der Waals surface area contributed by atoms with E-state index >= 15 is 0 Å². The Kier molecular flexibility index (Phi) is 8.31. The topological polar surface area (TPSA) is 66.9 Å². The fraction of sp³-hybridized carbons (Fsp3) is 0.500. The summed E-state index contributed by atoms with van der Waals surface area (Å²) in [5, 5.41) is 1.01. The molecular formula is C26H32Cl2N2O4S. The van der Waals surface area contributed by atoms with Gasteiger partial charge in [0, 0.05) is 38.2 Å². The van der Waals surface area contributed by atoms with E-state index in [-0.39, 0.29) is 22.8 Å². The normalized spacial score (nSPS) is 22.1. The lowest BCUT2D eigenvalue weighted by Gasteiger charge is -2.40. The average molecular weight is 540 g/mol. The molecule has 0 unspecified atom stereocenters. The number of nitrogens with zero attached hydrogens (tertiary/aromatic N) is 2. The van der Waals surface area contributed by atoms with Crippen LogP contribution in [0.4, 0.5) is 0 Å². The molecule has 0 spiro atoms. The van der Waals surface area contributed by atoms with Crippen LogP contribution in [0.5, 0.6) is 5.75 Å². The van der Waals surface area contributed by atoms with Crippen molar-refractivity contribution in [1.29, 1.82) is 0 Å². The van der Waals surface area contributed by atoms with E-state index in [1.54, 1.807) is 36.4 Å². The van der Waals surface area contributed by atoms with Crippen molar-refractivity contribution in [3.05, 3.63) is 58.1 Å². The van der Waals surface area contributed by atoms with Crippen LogP contribution in [-0.2, 0) is 14.8 Å². The first-order valence-corrected chi connectivity index (χ1v) is 14.3. The third-order valence-corrected chi connectivity index (χ3v) is 9.73. The fourth-order valence-corrected chi connectivity index (χ4v) is 6.50. The third kappa shape index (κ3) is 6.13. The predicted octanol–water partition coefficient (Wildman–Crippen LogP) is 5.55. The predicted molar refractivity (Wildman–Crippen MR) is 139 cm³/mol. The Labute approximate surface area is 218 Å². The standard InChI is InChI=1S/C26H32Cl2N2O4S/c1-18-3-10-23(11-4-18)35(32,33)29(2)26(31)19-5-7-20(8-6-19)30-15-13-21(14-16-30)34-22-9-12-24(27)25(28)17-22/h3-4,9-12,17,19-21H,5-8,13-16H2,1-2H3. The first kappa shape index (κ1) is 26.3. The van der Waals surface area contributed by atoms with Crippen LogP contribution in [0.25, 0.3) is 0 Å². The minimum absolute atomic E-state index is 0.141. The molecule has 0 N–H and O–H groups in total. The summed E-state index contributed by atoms with van der Waals surface area (Å²) in [5.74, 6) is 0.173. The Morgan fingerprint density at radius 2 is 1.57 bits per heavy atom. The third-order valence-electron chi connectivity index (χ3n) is 7.22. The maximum Gasteiger partial charge on any atom is 0.266 e. The van der Waals surface area contributed by atoms with Gasteiger partial charge in [0.25, 0.3) is 10.0 Å². The van der Waals surface area contributed by atoms with Gasteiger partial charge in [0.15, 0.2) is 0 Å². The van der Waals surface area contributed by atoms with Crippen LogP contribution in [-0.4, -0.2) is 55.8 Å². The quantitative estimate of drug-likeness (QED) is 0.482. The van der Waals surface area contributed by atoms with E-state index in [2.05, 4.69) is 4.90 Å². The lowest BCUT2D eigenvalue weighted by molar-refractivity contribution is -0.131. The van der Waals surface area contributed by atoms with Gasteiger partial charge in [-0.15, -0.1) is 0 Å². The minimum atomic E-state index is -3.83. The summed E-state index contributed by atoms with van der Waals surface area (Å²) in [4.78, 5) is 15.7. The lowest BCUT2D eigenvalue weighted by atomic mass is 9.84. The molecule has 4 rings (SSSR count). The van der Waals surface area contributed by atoms with Gasteiger partial charge in [-0.3, -0.25) is 4.79 Å². The summed E-state index contributed by atoms with van der Waals surface area (Å²) in [6.45, 7) is 3.78. The molecule has 1 saturated heterocycles. The molecule has 1 amide bonds. The molecule has 2 fully saturated rings. The summed E-state index contributed by atoms with van der Waals surface area (Å²) in [7, 11) is -2.45. The zero-order valence-electron chi connectivity index (χ0n) is 20.1. The zero-order valence-corrected chi connectivity index (χ0v) is 22.5. The number of hydrogen-bond donors (Lipinski definition) is 0. The Bertz CT molecular complexity index is 1140. The molecule has 0 bridgehead atoms. The number of carbonyl (C=O) groups is 1. The Hall–Kier alpha value is -1.80. The van der Waals surface area contributed by atoms with E-state index < -0.39 is 10.0 Å². The number of likely N-dealkylation sites (tertiary alicyclic amines) is 1. The minimum Gasteiger partial charge on any atom is -0.490 e. The number of carbonyl (C=O) groups excluding carboxylic acids is 1. The van der Waals surface area contributed by atoms with Gasteiger partial charge in [0.2, 0.25) is 5.91 Å². The maximum absolute atomic E-state index is 13.0. The molecule has 9 heteroatoms. The second-order valence-electron chi connectivity index (χ2n) is 9.56. The van der Waals surface area contributed by atoms with E-state index in [1.165, 1.54) is 7.05 Å². The van der Waals surface area contributed by atoms with Gasteiger partial charge in [0.05, 0.1) is 14.9 Å². The molecule has 1 heterocycles. The van der Waals surface area contributed by atoms with Crippen molar-refractivity contribution in [3.8, 4) is 5.75 Å². The van der Waals surface area contributed by atoms with E-state index in [1.807, 2.05) is 13.0 Å². The second-order valence-corrected chi connectivity index (χ2v) is 12.3. The van der Waals surface area contributed by atoms with Gasteiger partial charge in [-0.2, -0.15) is 0 Å². The molecule has 0 radical (unpaired) electrons. The highest BCUT2D eigenvalue weighted by molar-refractivity contribution is 7.89. The van der Waals surface area contributed by atoms with Crippen molar-refractivity contribution in [2.45, 2.75) is 62.5 Å². The molecule has 1 saturated carbocycles. The highest BCUT2D eigenvalue weighted by Gasteiger charge is 2.36. The molecule has 2 aliphatic rings. The van der Waals surface area contributed by atoms with Gasteiger partial charge < -0.3 is 9.64 Å². The summed E-state index contributed by atoms with van der Waals surface area (Å²) < 4.78 is 32.9. The van der Waals surface area contributed by atoms with Crippen molar-refractivity contribution in [3.63, 3.8) is 0 Å². The summed E-state index contributed by atoms with van der Waals surface area (Å²) >= 11 is 12.1. The van der Waals surface area contributed by atoms with Crippen molar-refractivity contribution >= 4 is 39.1 Å². The summed E-state index contributed by atoms with van der Waals surface area (Å²) in [6, 6.07) is 12.4. The largest absolute Gasteiger partial charge is 0.490 e. The average Bonchev–Trinajstić information content (AvgIpc) is 2.86. The number of ether oxygens (including phenoxy) is 1. The van der Waals surface area contributed by atoms with Crippen molar-refractivity contribution < 1.29 is 17.9 Å². The SMILES string of the molecule is Cc1ccc(S(=O)(=O)N(C)C(=O)C2CCC(N3CCC(Oc4ccc(Cl)c(Cl)c4)CC3)CC2)cc1. The van der Waals surface area contributed by atoms with Crippen LogP contribution in [0.2, 0.25) is 10.0 Å². The monoisotopic (exact) mass is 538 g/mol. The second kappa shape index (κ2) is 11.1. The molecule has 35 heavy (non-hydrogen) atoms. The highest BCUT2D eigenvalue weighted by atomic mass is 35.5. The molecule has 2 aromatic rings. The Morgan fingerprint density at radius 1 is 0.943 bits per heavy atom. The number of sulfonamides is 1. The molecule has 0 atom stereocenters. The number of hydrogen-bond acceptors (Lipinski definition) is 5. The molecular weight excluding hydrogens is 507 g/mol. The Balaban J connectivity index is 1.26. The summed E-state index contributed by atoms with van der Waals surface area (Å²) in [6.07, 6.45) is 5.20. The van der Waals surface area contributed by atoms with E-state index in [0.717, 1.165) is 54.4 Å². The first-order valence-electron chi connectivity index (χ1n) is 12.1. The molecule has 2 aromatic carbocycles. The zero-order chi connectivity index (χ0) is 25.2. The molecule has 1 aliphatic heterocycles. The van der Waals surface area contributed by atoms with Crippen LogP contribution in [0, 0.1) is 12.8 Å². The van der Waals surface area contributed by atoms with E-state index in [9.17, 15) is 13.2 Å². The number of rotatable bonds is 6. The van der Waals surface area contributed by atoms with Crippen LogP contribution in [0.1, 0.15) is 44.1 Å². The van der Waals surface area contributed by atoms with E-state index in [0.29, 0.717) is 28.9 Å². The number of halogens is 2. The lowest BCUT2D eigenvalue weighted by Crippen LogP contribution is -2.47. The fourth-order valence-electron chi connectivity index (χ4n) is 5.03. The van der Waals surface area contributed by atoms with Gasteiger partial charge in [-0.05, 0) is 69.7 Å². The molecule has 0 aromatic heterocycles. The summed E-state index contributed by atoms with van der Waals surface area (Å²) in [5.41, 5.74) is 0.973. The van der Waals surface area contributed by atoms with Crippen LogP contribution < -0.4 is 4.74 Å². The number of aryl methyl sites for hydroxylation is 1. The van der Waals surface area contributed by atoms with Gasteiger partial charge >= 0.3 is 0 Å². The molecule has 1 aliphatic carbocycles. The van der Waals surface area contributed by atoms with Crippen molar-refractivity contribution in [2.75, 3.05) is 20.1 Å². The number of piperidine rings is 1. The molecule has 6 nitrogen and oxygen atoms in total. The van der Waals surface area contributed by atoms with Crippen LogP contribution >= 0.6 is 23.2 Å². The van der Waals surface area contributed by atoms with Gasteiger partial charge in [0.1, 0.15) is 11.9 Å². The maximum atomic E-state index is 13.0. The van der Waals surface area contributed by atoms with Crippen LogP contribution in [0.15, 0.2) is 47.4 Å². The van der Waals surface area contributed by atoms with Gasteiger partial charge in [-0.1, -0.05) is 40.9 Å². The smallest absolute Gasteiger partial charge is 0.266 e. The Morgan fingerprint density at radius 3 is 2.17 bits per heavy atom. The van der Waals surface area contributed by atoms with Gasteiger partial charge in [-0.25, -0.2) is 12.7 Å². The van der Waals surface area contributed by atoms with Crippen molar-refractivity contribution in [1.82, 2.24) is 9.21 Å². The van der Waals surface area contributed by atoms with E-state index in [4.69, 9.17) is 27.9 Å². The highest BCUT2D eigenvalue weighted by Crippen LogP contribution is 2.33. The first-order chi connectivity index (χ1) is 16.6.